The zero-order valence-electron chi connectivity index (χ0n) is 15.6. The first-order chi connectivity index (χ1) is 12.7. The molecule has 0 heterocycles. The molecule has 2 aromatic rings. The van der Waals surface area contributed by atoms with Crippen LogP contribution in [0, 0.1) is 0 Å². The smallest absolute Gasteiger partial charge is 0.753 e. The van der Waals surface area contributed by atoms with Gasteiger partial charge in [-0.15, -0.1) is 0 Å². The van der Waals surface area contributed by atoms with E-state index in [9.17, 15) is 0 Å². The largest absolute Gasteiger partial charge is 2.00 e. The maximum Gasteiger partial charge on any atom is 2.00 e. The maximum absolute atomic E-state index is 7.13. The van der Waals surface area contributed by atoms with Crippen LogP contribution in [0.25, 0.3) is 10.8 Å². The minimum Gasteiger partial charge on any atom is -0.753 e. The topological polar surface area (TPSA) is 44.6 Å². The fourth-order valence-corrected chi connectivity index (χ4v) is 8.36. The molecule has 0 radical (unpaired) electrons. The quantitative estimate of drug-likeness (QED) is 0.231. The Bertz CT molecular complexity index is 605. The van der Waals surface area contributed by atoms with Gasteiger partial charge in [0.05, 0.1) is 43.2 Å². The van der Waals surface area contributed by atoms with E-state index in [4.69, 9.17) is 10.8 Å². The maximum atomic E-state index is 7.13. The molecule has 0 spiro atoms. The van der Waals surface area contributed by atoms with Crippen molar-refractivity contribution in [1.29, 1.82) is 0 Å². The van der Waals surface area contributed by atoms with Gasteiger partial charge in [0.1, 0.15) is 0 Å². The Kier molecular flexibility index (Phi) is 21.3. The van der Waals surface area contributed by atoms with Gasteiger partial charge in [0.2, 0.25) is 0 Å². The van der Waals surface area contributed by atoms with Gasteiger partial charge in [0.25, 0.3) is 0 Å². The molecule has 0 N–H and O–H groups in total. The van der Waals surface area contributed by atoms with E-state index in [1.54, 1.807) is 10.6 Å². The van der Waals surface area contributed by atoms with Crippen LogP contribution in [0.1, 0.15) is 13.8 Å². The van der Waals surface area contributed by atoms with Gasteiger partial charge in [-0.25, -0.2) is 0 Å². The zero-order valence-corrected chi connectivity index (χ0v) is 20.2. The first-order valence-corrected chi connectivity index (χ1v) is 13.2. The summed E-state index contributed by atoms with van der Waals surface area (Å²) in [5.74, 6) is 0. The summed E-state index contributed by atoms with van der Waals surface area (Å²) >= 11 is 7.40. The van der Waals surface area contributed by atoms with Gasteiger partial charge in [-0.1, -0.05) is 60.8 Å². The SMILES string of the molecule is CC[PH+](CC)CC[PH+](c1ccccc1)c1ccccc1.[N-]=C=S.[N-]=C=S.[Ni+2]. The number of hydrogen-bond acceptors (Lipinski definition) is 2. The predicted molar refractivity (Wildman–Crippen MR) is 132 cm³/mol. The summed E-state index contributed by atoms with van der Waals surface area (Å²) in [5.41, 5.74) is 0. The van der Waals surface area contributed by atoms with Gasteiger partial charge in [0.15, 0.2) is 0 Å². The first-order valence-electron chi connectivity index (χ1n) is 8.51. The van der Waals surface area contributed by atoms with E-state index in [2.05, 4.69) is 98.9 Å². The third-order valence-electron chi connectivity index (χ3n) is 3.97. The van der Waals surface area contributed by atoms with Crippen molar-refractivity contribution < 1.29 is 16.5 Å². The van der Waals surface area contributed by atoms with Crippen LogP contribution in [0.2, 0.25) is 0 Å². The second-order valence-electron chi connectivity index (χ2n) is 5.35. The predicted octanol–water partition coefficient (Wildman–Crippen LogP) is 5.42. The molecule has 0 fully saturated rings. The number of nitrogens with zero attached hydrogens (tertiary/aromatic N) is 2. The monoisotopic (exact) mass is 478 g/mol. The molecule has 0 aliphatic heterocycles. The van der Waals surface area contributed by atoms with Crippen LogP contribution in [0.15, 0.2) is 60.7 Å². The zero-order chi connectivity index (χ0) is 19.6. The van der Waals surface area contributed by atoms with E-state index < -0.39 is 7.92 Å². The van der Waals surface area contributed by atoms with Crippen molar-refractivity contribution in [1.82, 2.24) is 0 Å². The molecule has 0 saturated heterocycles. The van der Waals surface area contributed by atoms with E-state index in [-0.39, 0.29) is 24.4 Å². The van der Waals surface area contributed by atoms with Gasteiger partial charge in [-0.3, -0.25) is 0 Å². The van der Waals surface area contributed by atoms with Crippen molar-refractivity contribution in [2.45, 2.75) is 13.8 Å². The van der Waals surface area contributed by atoms with E-state index in [1.807, 2.05) is 0 Å². The molecule has 0 aliphatic carbocycles. The van der Waals surface area contributed by atoms with Gasteiger partial charge in [0, 0.05) is 7.92 Å². The Labute approximate surface area is 187 Å². The van der Waals surface area contributed by atoms with Crippen LogP contribution >= 0.6 is 40.3 Å². The number of hydrogen-bond donors (Lipinski definition) is 0. The molecule has 0 amide bonds. The minimum absolute atomic E-state index is 0. The second-order valence-corrected chi connectivity index (χ2v) is 11.7. The second kappa shape index (κ2) is 20.1. The number of benzene rings is 2. The average molecular weight is 479 g/mol. The Hall–Kier alpha value is -0.606. The van der Waals surface area contributed by atoms with E-state index in [0.29, 0.717) is 0 Å². The van der Waals surface area contributed by atoms with Crippen LogP contribution in [0.5, 0.6) is 0 Å². The van der Waals surface area contributed by atoms with Crippen LogP contribution < -0.4 is 10.6 Å². The Morgan fingerprint density at radius 1 is 0.741 bits per heavy atom. The molecule has 2 rings (SSSR count). The van der Waals surface area contributed by atoms with Gasteiger partial charge in [-0.05, 0) is 38.1 Å². The fourth-order valence-electron chi connectivity index (χ4n) is 2.64. The molecule has 0 aliphatic rings. The third kappa shape index (κ3) is 13.2. The van der Waals surface area contributed by atoms with Crippen molar-refractivity contribution in [2.75, 3.05) is 24.6 Å². The van der Waals surface area contributed by atoms with Crippen LogP contribution in [0.4, 0.5) is 0 Å². The van der Waals surface area contributed by atoms with Crippen LogP contribution in [-0.4, -0.2) is 35.0 Å². The molecule has 0 atom stereocenters. The molecular weight excluding hydrogens is 453 g/mol. The minimum atomic E-state index is -0.589. The van der Waals surface area contributed by atoms with Gasteiger partial charge < -0.3 is 10.8 Å². The fraction of sp³-hybridized carbons (Fsp3) is 0.300. The molecular formula is C20H26N2NiP2S2+2. The number of rotatable bonds is 7. The molecule has 0 unspecified atom stereocenters. The Morgan fingerprint density at radius 2 is 1.07 bits per heavy atom. The van der Waals surface area contributed by atoms with Crippen molar-refractivity contribution in [3.05, 3.63) is 71.5 Å². The molecule has 0 saturated carbocycles. The van der Waals surface area contributed by atoms with Crippen molar-refractivity contribution in [2.24, 2.45) is 0 Å². The summed E-state index contributed by atoms with van der Waals surface area (Å²) in [5, 5.41) is 20.1. The summed E-state index contributed by atoms with van der Waals surface area (Å²) in [6.45, 7) is 4.74. The molecule has 27 heavy (non-hydrogen) atoms. The summed E-state index contributed by atoms with van der Waals surface area (Å²) in [7, 11) is -0.696. The molecule has 7 heteroatoms. The average Bonchev–Trinajstić information content (AvgIpc) is 2.68. The van der Waals surface area contributed by atoms with Crippen molar-refractivity contribution >= 4 is 61.2 Å². The van der Waals surface area contributed by atoms with Crippen LogP contribution in [-0.2, 0) is 16.5 Å². The molecule has 0 aromatic heterocycles. The standard InChI is InChI=1S/C18H24P2.2CNS.Ni/c1-3-19(4-2)15-16-20(17-11-7-5-8-12-17)18-13-9-6-10-14-18;2*2-1-3;/h5-14H,3-4,15-16H2,1-2H3;;;/q;2*-1;+2/p+2. The van der Waals surface area contributed by atoms with Crippen LogP contribution in [0.3, 0.4) is 0 Å². The van der Waals surface area contributed by atoms with Gasteiger partial charge in [-0.2, -0.15) is 10.3 Å². The first kappa shape index (κ1) is 28.6. The summed E-state index contributed by atoms with van der Waals surface area (Å²) in [6.07, 6.45) is 5.70. The van der Waals surface area contributed by atoms with E-state index >= 15 is 0 Å². The normalized spacial score (nSPS) is 8.89. The number of isothiocyanates is 2. The Balaban J connectivity index is 0. The molecule has 2 nitrogen and oxygen atoms in total. The summed E-state index contributed by atoms with van der Waals surface area (Å²) in [6, 6.07) is 22.3. The summed E-state index contributed by atoms with van der Waals surface area (Å²) in [4.78, 5) is 0. The molecule has 0 bridgehead atoms. The Morgan fingerprint density at radius 3 is 1.37 bits per heavy atom. The molecule has 146 valence electrons. The van der Waals surface area contributed by atoms with Crippen molar-refractivity contribution in [3.8, 4) is 0 Å². The van der Waals surface area contributed by atoms with E-state index in [0.717, 1.165) is 0 Å². The van der Waals surface area contributed by atoms with Gasteiger partial charge >= 0.3 is 16.5 Å². The van der Waals surface area contributed by atoms with Crippen molar-refractivity contribution in [3.63, 3.8) is 0 Å². The molecule has 2 aromatic carbocycles. The van der Waals surface area contributed by atoms with E-state index in [1.165, 1.54) is 35.0 Å². The number of thiocarbonyl (C=S) groups is 2. The third-order valence-corrected chi connectivity index (χ3v) is 10.2. The summed E-state index contributed by atoms with van der Waals surface area (Å²) < 4.78 is 0.